The Bertz CT molecular complexity index is 2990. The minimum Gasteiger partial charge on any atom is -0.453 e. The summed E-state index contributed by atoms with van der Waals surface area (Å²) in [5.74, 6) is 1.31. The maximum Gasteiger partial charge on any atom is 0.407 e. The summed E-state index contributed by atoms with van der Waals surface area (Å²) in [5, 5.41) is 9.66. The normalized spacial score (nSPS) is 20.4. The Morgan fingerprint density at radius 2 is 1.44 bits per heavy atom. The number of carbonyl (C=O) groups is 4. The van der Waals surface area contributed by atoms with Gasteiger partial charge in [-0.25, -0.2) is 19.6 Å². The van der Waals surface area contributed by atoms with Crippen molar-refractivity contribution < 1.29 is 33.4 Å². The number of fused-ring (bicyclic) bond motifs is 6. The molecule has 1 saturated carbocycles. The number of rotatable bonds is 11. The number of methoxy groups -OCH3 is 3. The van der Waals surface area contributed by atoms with Crippen molar-refractivity contribution in [2.45, 2.75) is 75.3 Å². The molecule has 2 bridgehead atoms. The Balaban J connectivity index is 0.876. The predicted octanol–water partition coefficient (Wildman–Crippen LogP) is 8.50. The van der Waals surface area contributed by atoms with Crippen LogP contribution in [0, 0.1) is 5.92 Å². The largest absolute Gasteiger partial charge is 0.453 e. The summed E-state index contributed by atoms with van der Waals surface area (Å²) in [7, 11) is 4.07. The lowest BCUT2D eigenvalue weighted by molar-refractivity contribution is -0.138. The number of alkyl carbamates (subject to hydrolysis) is 2. The van der Waals surface area contributed by atoms with Gasteiger partial charge in [0.05, 0.1) is 55.3 Å². The lowest BCUT2D eigenvalue weighted by Gasteiger charge is -2.36. The predicted molar refractivity (Wildman–Crippen MR) is 249 cm³/mol. The minimum absolute atomic E-state index is 0.0687. The number of carbonyl (C=O) groups excluding carboxylic acids is 4. The van der Waals surface area contributed by atoms with Gasteiger partial charge in [0.2, 0.25) is 5.91 Å². The van der Waals surface area contributed by atoms with Gasteiger partial charge in [0, 0.05) is 30.6 Å². The average molecular weight is 889 g/mol. The number of likely N-dealkylation sites (tertiary alicyclic amines) is 2. The van der Waals surface area contributed by atoms with Crippen LogP contribution in [0.2, 0.25) is 0 Å². The Morgan fingerprint density at radius 1 is 0.742 bits per heavy atom. The molecule has 4 N–H and O–H groups in total. The number of benzene rings is 5. The Labute approximate surface area is 381 Å². The summed E-state index contributed by atoms with van der Waals surface area (Å²) in [5.41, 5.74) is 6.44. The van der Waals surface area contributed by atoms with Crippen LogP contribution in [-0.4, -0.2) is 99.8 Å². The van der Waals surface area contributed by atoms with E-state index in [2.05, 4.69) is 81.3 Å². The van der Waals surface area contributed by atoms with E-state index in [-0.39, 0.29) is 35.9 Å². The first-order valence-electron chi connectivity index (χ1n) is 22.5. The van der Waals surface area contributed by atoms with Crippen LogP contribution in [0.1, 0.15) is 74.4 Å². The van der Waals surface area contributed by atoms with Crippen molar-refractivity contribution in [2.75, 3.05) is 27.9 Å². The first-order chi connectivity index (χ1) is 32.1. The molecule has 3 aliphatic rings. The van der Waals surface area contributed by atoms with Crippen molar-refractivity contribution in [3.05, 3.63) is 120 Å². The molecule has 10 rings (SSSR count). The second kappa shape index (κ2) is 17.6. The van der Waals surface area contributed by atoms with E-state index < -0.39 is 30.4 Å². The first kappa shape index (κ1) is 42.7. The van der Waals surface area contributed by atoms with Gasteiger partial charge in [-0.3, -0.25) is 9.59 Å². The van der Waals surface area contributed by atoms with E-state index in [1.54, 1.807) is 11.8 Å². The van der Waals surface area contributed by atoms with Crippen LogP contribution < -0.4 is 10.6 Å². The summed E-state index contributed by atoms with van der Waals surface area (Å²) >= 11 is 0. The fourth-order valence-corrected chi connectivity index (χ4v) is 10.5. The van der Waals surface area contributed by atoms with Crippen LogP contribution in [0.3, 0.4) is 0 Å². The highest BCUT2D eigenvalue weighted by molar-refractivity contribution is 6.06. The van der Waals surface area contributed by atoms with Gasteiger partial charge < -0.3 is 44.6 Å². The Hall–Kier alpha value is -7.26. The molecule has 7 atom stereocenters. The van der Waals surface area contributed by atoms with Crippen LogP contribution in [0.5, 0.6) is 0 Å². The molecule has 1 aliphatic carbocycles. The number of nitrogens with zero attached hydrogens (tertiary/aromatic N) is 4. The van der Waals surface area contributed by atoms with Gasteiger partial charge in [-0.2, -0.15) is 0 Å². The van der Waals surface area contributed by atoms with Crippen molar-refractivity contribution in [3.63, 3.8) is 0 Å². The molecule has 3 fully saturated rings. The molecule has 338 valence electrons. The van der Waals surface area contributed by atoms with E-state index in [0.29, 0.717) is 17.9 Å². The van der Waals surface area contributed by atoms with Crippen molar-refractivity contribution in [1.29, 1.82) is 0 Å². The molecule has 2 aliphatic heterocycles. The molecule has 2 aromatic heterocycles. The van der Waals surface area contributed by atoms with Crippen LogP contribution in [0.4, 0.5) is 9.59 Å². The fraction of sp³-hybridized carbons (Fsp3) is 0.333. The number of ether oxygens (including phenoxy) is 3. The zero-order chi connectivity index (χ0) is 45.6. The molecule has 4 heterocycles. The van der Waals surface area contributed by atoms with Crippen LogP contribution in [0.15, 0.2) is 103 Å². The number of hydrogen-bond acceptors (Lipinski definition) is 9. The van der Waals surface area contributed by atoms with Crippen molar-refractivity contribution in [3.8, 4) is 22.4 Å². The number of hydrogen-bond donors (Lipinski definition) is 4. The van der Waals surface area contributed by atoms with Crippen molar-refractivity contribution >= 4 is 56.6 Å². The van der Waals surface area contributed by atoms with Gasteiger partial charge in [-0.05, 0) is 102 Å². The van der Waals surface area contributed by atoms with Gasteiger partial charge in [-0.15, -0.1) is 0 Å². The van der Waals surface area contributed by atoms with E-state index in [9.17, 15) is 19.2 Å². The van der Waals surface area contributed by atoms with E-state index in [1.165, 1.54) is 21.3 Å². The summed E-state index contributed by atoms with van der Waals surface area (Å²) < 4.78 is 15.1. The molecule has 15 heteroatoms. The average Bonchev–Trinajstić information content (AvgIpc) is 4.23. The van der Waals surface area contributed by atoms with Gasteiger partial charge in [0.25, 0.3) is 5.91 Å². The third-order valence-corrected chi connectivity index (χ3v) is 13.9. The van der Waals surface area contributed by atoms with Crippen LogP contribution >= 0.6 is 0 Å². The molecule has 5 aromatic carbocycles. The molecule has 4 amide bonds. The molecule has 0 spiro atoms. The zero-order valence-corrected chi connectivity index (χ0v) is 37.2. The third kappa shape index (κ3) is 7.76. The molecule has 66 heavy (non-hydrogen) atoms. The number of piperidine rings is 1. The minimum atomic E-state index is -0.906. The first-order valence-corrected chi connectivity index (χ1v) is 22.5. The number of aromatic nitrogens is 4. The van der Waals surface area contributed by atoms with Gasteiger partial charge in [0.15, 0.2) is 0 Å². The van der Waals surface area contributed by atoms with Gasteiger partial charge in [-0.1, -0.05) is 72.8 Å². The molecular weight excluding hydrogens is 837 g/mol. The summed E-state index contributed by atoms with van der Waals surface area (Å²) in [6.45, 7) is 2.28. The van der Waals surface area contributed by atoms with Crippen molar-refractivity contribution in [1.82, 2.24) is 40.4 Å². The highest BCUT2D eigenvalue weighted by atomic mass is 16.5. The fourth-order valence-electron chi connectivity index (χ4n) is 10.5. The molecule has 2 saturated heterocycles. The van der Waals surface area contributed by atoms with E-state index in [1.807, 2.05) is 47.5 Å². The van der Waals surface area contributed by atoms with Crippen LogP contribution in [-0.2, 0) is 23.8 Å². The summed E-state index contributed by atoms with van der Waals surface area (Å²) in [4.78, 5) is 73.5. The standard InChI is InChI=1S/C51H52N8O7/c1-28(64-2)42(56-50(62)65-3)48(60)58-22-8-11-41(58)46-53-39-21-18-34-24-33(17-20-38(34)44(39)55-46)30-12-13-32-25-35(15-14-31(32)23-30)40-27-52-47(54-40)45-36-16-19-37(26-36)59(45)49(61)43(57-51(63)66-4)29-9-6-5-7-10-29/h5-7,9-10,12-15,17-18,20-21,23-25,27-28,36-37,41-43,45H,8,11,16,19,22,26H2,1-4H3,(H,52,54)(H,53,55)(H,56,62)(H,57,63)/t28-,36+,37-,41+,42-,43-,45+/m1/s1. The summed E-state index contributed by atoms with van der Waals surface area (Å²) in [6.07, 6.45) is 4.31. The van der Waals surface area contributed by atoms with E-state index in [4.69, 9.17) is 24.2 Å². The highest BCUT2D eigenvalue weighted by Gasteiger charge is 2.51. The maximum absolute atomic E-state index is 14.4. The molecule has 7 aromatic rings. The SMILES string of the molecule is COC(=O)N[C@@H](C(=O)N1[C@@H]2CC[C@@H](C2)[C@H]1c1ncc(-c2ccc3cc(-c4ccc5c(ccc6[nH]c([C@@H]7CCCN7C(=O)[C@H](NC(=O)OC)[C@@H](C)OC)nc65)c4)ccc3c2)[nH]1)c1ccccc1. The molecular formula is C51H52N8O7. The lowest BCUT2D eigenvalue weighted by Crippen LogP contribution is -2.54. The van der Waals surface area contributed by atoms with Crippen LogP contribution in [0.25, 0.3) is 55.0 Å². The smallest absolute Gasteiger partial charge is 0.407 e. The van der Waals surface area contributed by atoms with E-state index >= 15 is 0 Å². The van der Waals surface area contributed by atoms with Crippen molar-refractivity contribution in [2.24, 2.45) is 5.92 Å². The maximum atomic E-state index is 14.4. The van der Waals surface area contributed by atoms with Gasteiger partial charge in [0.1, 0.15) is 23.7 Å². The molecule has 0 unspecified atom stereocenters. The van der Waals surface area contributed by atoms with E-state index in [0.717, 1.165) is 92.9 Å². The zero-order valence-electron chi connectivity index (χ0n) is 37.2. The van der Waals surface area contributed by atoms with Gasteiger partial charge >= 0.3 is 12.2 Å². The summed E-state index contributed by atoms with van der Waals surface area (Å²) in [6, 6.07) is 30.5. The second-order valence-electron chi connectivity index (χ2n) is 17.6. The lowest BCUT2D eigenvalue weighted by atomic mass is 9.96. The highest BCUT2D eigenvalue weighted by Crippen LogP contribution is 2.51. The molecule has 15 nitrogen and oxygen atoms in total. The molecule has 0 radical (unpaired) electrons. The number of H-pyrrole nitrogens is 2. The second-order valence-corrected chi connectivity index (χ2v) is 17.6. The number of nitrogens with one attached hydrogen (secondary N) is 4. The number of aromatic amines is 2. The topological polar surface area (TPSA) is 184 Å². The quantitative estimate of drug-likeness (QED) is 0.0989. The Morgan fingerprint density at radius 3 is 2.20 bits per heavy atom. The number of imidazole rings is 2. The number of amides is 4. The monoisotopic (exact) mass is 888 g/mol. The Kier molecular flexibility index (Phi) is 11.4. The third-order valence-electron chi connectivity index (χ3n) is 13.9.